The molecule has 0 atom stereocenters. The Balaban J connectivity index is 2.37. The van der Waals surface area contributed by atoms with E-state index in [1.54, 1.807) is 12.1 Å². The van der Waals surface area contributed by atoms with Crippen molar-refractivity contribution in [1.82, 2.24) is 0 Å². The Labute approximate surface area is 81.9 Å². The van der Waals surface area contributed by atoms with Gasteiger partial charge in [0.1, 0.15) is 0 Å². The fraction of sp³-hybridized carbons (Fsp3) is 0.400. The fourth-order valence-electron chi connectivity index (χ4n) is 1.76. The summed E-state index contributed by atoms with van der Waals surface area (Å²) in [7, 11) is 0. The van der Waals surface area contributed by atoms with Crippen molar-refractivity contribution in [3.63, 3.8) is 0 Å². The molecule has 76 valence electrons. The zero-order chi connectivity index (χ0) is 10.2. The number of aromatic hydroxyl groups is 2. The van der Waals surface area contributed by atoms with Gasteiger partial charge in [-0.15, -0.1) is 0 Å². The van der Waals surface area contributed by atoms with Crippen molar-refractivity contribution in [3.05, 3.63) is 23.8 Å². The highest BCUT2D eigenvalue weighted by Gasteiger charge is 2.46. The quantitative estimate of drug-likeness (QED) is 0.497. The van der Waals surface area contributed by atoms with Crippen molar-refractivity contribution in [1.29, 1.82) is 0 Å². The molecular formula is C10H13NO3. The minimum Gasteiger partial charge on any atom is -0.504 e. The summed E-state index contributed by atoms with van der Waals surface area (Å²) in [6, 6.07) is 4.96. The number of hydrogen-bond acceptors (Lipinski definition) is 4. The number of rotatable bonds is 3. The highest BCUT2D eigenvalue weighted by molar-refractivity contribution is 5.50. The van der Waals surface area contributed by atoms with Crippen LogP contribution >= 0.6 is 0 Å². The summed E-state index contributed by atoms with van der Waals surface area (Å²) in [6.45, 7) is 0.379. The van der Waals surface area contributed by atoms with Gasteiger partial charge in [0.25, 0.3) is 0 Å². The van der Waals surface area contributed by atoms with Crippen LogP contribution in [0.3, 0.4) is 0 Å². The second kappa shape index (κ2) is 3.15. The lowest BCUT2D eigenvalue weighted by molar-refractivity contribution is 0.115. The maximum Gasteiger partial charge on any atom is 0.161 e. The van der Waals surface area contributed by atoms with Gasteiger partial charge in [-0.3, -0.25) is 0 Å². The normalized spacial score (nSPS) is 18.1. The predicted octanol–water partition coefficient (Wildman–Crippen LogP) is 1.02. The van der Waals surface area contributed by atoms with Gasteiger partial charge in [-0.25, -0.2) is 5.90 Å². The highest BCUT2D eigenvalue weighted by atomic mass is 16.6. The van der Waals surface area contributed by atoms with Crippen molar-refractivity contribution in [2.75, 3.05) is 6.61 Å². The molecule has 0 amide bonds. The summed E-state index contributed by atoms with van der Waals surface area (Å²) in [5.74, 6) is 4.89. The Bertz CT molecular complexity index is 347. The Morgan fingerprint density at radius 3 is 2.64 bits per heavy atom. The third-order valence-electron chi connectivity index (χ3n) is 2.80. The van der Waals surface area contributed by atoms with Gasteiger partial charge in [0.15, 0.2) is 11.5 Å². The van der Waals surface area contributed by atoms with Crippen LogP contribution in [0.5, 0.6) is 11.5 Å². The average Bonchev–Trinajstić information content (AvgIpc) is 2.91. The van der Waals surface area contributed by atoms with Gasteiger partial charge in [-0.1, -0.05) is 12.1 Å². The molecule has 1 aromatic rings. The van der Waals surface area contributed by atoms with Gasteiger partial charge in [0, 0.05) is 11.0 Å². The zero-order valence-electron chi connectivity index (χ0n) is 7.73. The molecule has 4 heteroatoms. The van der Waals surface area contributed by atoms with E-state index < -0.39 is 0 Å². The van der Waals surface area contributed by atoms with Crippen LogP contribution in [0.15, 0.2) is 18.2 Å². The minimum absolute atomic E-state index is 0.0537. The first-order valence-corrected chi connectivity index (χ1v) is 4.53. The first-order chi connectivity index (χ1) is 6.69. The number of hydrogen-bond donors (Lipinski definition) is 3. The van der Waals surface area contributed by atoms with Gasteiger partial charge in [-0.2, -0.15) is 0 Å². The van der Waals surface area contributed by atoms with Crippen molar-refractivity contribution >= 4 is 0 Å². The molecule has 1 aromatic carbocycles. The number of nitrogens with two attached hydrogens (primary N) is 1. The molecule has 0 bridgehead atoms. The zero-order valence-corrected chi connectivity index (χ0v) is 7.73. The Hall–Kier alpha value is -1.26. The van der Waals surface area contributed by atoms with Crippen LogP contribution in [0.1, 0.15) is 18.4 Å². The summed E-state index contributed by atoms with van der Waals surface area (Å²) in [6.07, 6.45) is 1.86. The molecule has 1 fully saturated rings. The lowest BCUT2D eigenvalue weighted by Crippen LogP contribution is -2.18. The number of benzene rings is 1. The van der Waals surface area contributed by atoms with Crippen molar-refractivity contribution in [2.24, 2.45) is 5.90 Å². The molecule has 0 aromatic heterocycles. The van der Waals surface area contributed by atoms with Crippen LogP contribution in [0.4, 0.5) is 0 Å². The molecule has 0 aliphatic heterocycles. The van der Waals surface area contributed by atoms with Crippen LogP contribution in [-0.4, -0.2) is 16.8 Å². The van der Waals surface area contributed by atoms with E-state index in [1.807, 2.05) is 0 Å². The molecule has 0 spiro atoms. The third kappa shape index (κ3) is 1.32. The number of phenols is 2. The maximum atomic E-state index is 9.65. The molecule has 14 heavy (non-hydrogen) atoms. The van der Waals surface area contributed by atoms with E-state index in [4.69, 9.17) is 5.90 Å². The molecule has 4 N–H and O–H groups in total. The SMILES string of the molecule is NOCC1(c2cccc(O)c2O)CC1. The lowest BCUT2D eigenvalue weighted by atomic mass is 9.96. The molecule has 1 aliphatic carbocycles. The third-order valence-corrected chi connectivity index (χ3v) is 2.80. The Kier molecular flexibility index (Phi) is 2.09. The smallest absolute Gasteiger partial charge is 0.161 e. The van der Waals surface area contributed by atoms with Crippen LogP contribution in [0.25, 0.3) is 0 Å². The second-order valence-corrected chi connectivity index (χ2v) is 3.76. The average molecular weight is 195 g/mol. The summed E-state index contributed by atoms with van der Waals surface area (Å²) in [5, 5.41) is 19.0. The molecular weight excluding hydrogens is 182 g/mol. The molecule has 4 nitrogen and oxygen atoms in total. The van der Waals surface area contributed by atoms with Gasteiger partial charge < -0.3 is 15.1 Å². The van der Waals surface area contributed by atoms with E-state index in [2.05, 4.69) is 4.84 Å². The second-order valence-electron chi connectivity index (χ2n) is 3.76. The molecule has 0 unspecified atom stereocenters. The molecule has 1 aliphatic rings. The van der Waals surface area contributed by atoms with Gasteiger partial charge in [0.2, 0.25) is 0 Å². The van der Waals surface area contributed by atoms with E-state index in [9.17, 15) is 10.2 Å². The van der Waals surface area contributed by atoms with Crippen LogP contribution < -0.4 is 5.90 Å². The Morgan fingerprint density at radius 1 is 1.36 bits per heavy atom. The first-order valence-electron chi connectivity index (χ1n) is 4.53. The summed E-state index contributed by atoms with van der Waals surface area (Å²) in [5.41, 5.74) is 0.542. The van der Waals surface area contributed by atoms with E-state index >= 15 is 0 Å². The fourth-order valence-corrected chi connectivity index (χ4v) is 1.76. The Morgan fingerprint density at radius 2 is 2.07 bits per heavy atom. The topological polar surface area (TPSA) is 75.7 Å². The molecule has 0 heterocycles. The molecule has 2 rings (SSSR count). The summed E-state index contributed by atoms with van der Waals surface area (Å²) < 4.78 is 0. The summed E-state index contributed by atoms with van der Waals surface area (Å²) in [4.78, 5) is 4.63. The van der Waals surface area contributed by atoms with Crippen LogP contribution in [0, 0.1) is 0 Å². The summed E-state index contributed by atoms with van der Waals surface area (Å²) >= 11 is 0. The molecule has 0 radical (unpaired) electrons. The minimum atomic E-state index is -0.183. The van der Waals surface area contributed by atoms with E-state index in [0.717, 1.165) is 18.4 Å². The number of phenolic OH excluding ortho intramolecular Hbond substituents is 2. The van der Waals surface area contributed by atoms with Gasteiger partial charge in [-0.05, 0) is 18.9 Å². The van der Waals surface area contributed by atoms with Gasteiger partial charge >= 0.3 is 0 Å². The van der Waals surface area contributed by atoms with E-state index in [-0.39, 0.29) is 16.9 Å². The van der Waals surface area contributed by atoms with Gasteiger partial charge in [0.05, 0.1) is 6.61 Å². The lowest BCUT2D eigenvalue weighted by Gasteiger charge is -2.15. The van der Waals surface area contributed by atoms with Crippen molar-refractivity contribution in [2.45, 2.75) is 18.3 Å². The molecule has 0 saturated heterocycles. The standard InChI is InChI=1S/C10H13NO3/c11-14-6-10(4-5-10)7-2-1-3-8(12)9(7)13/h1-3,12-13H,4-6,11H2. The van der Waals surface area contributed by atoms with Crippen molar-refractivity contribution in [3.8, 4) is 11.5 Å². The maximum absolute atomic E-state index is 9.65. The molecule has 1 saturated carbocycles. The largest absolute Gasteiger partial charge is 0.504 e. The van der Waals surface area contributed by atoms with Crippen LogP contribution in [-0.2, 0) is 10.3 Å². The van der Waals surface area contributed by atoms with Crippen molar-refractivity contribution < 1.29 is 15.1 Å². The van der Waals surface area contributed by atoms with E-state index in [0.29, 0.717) is 6.61 Å². The van der Waals surface area contributed by atoms with E-state index in [1.165, 1.54) is 6.07 Å². The first kappa shape index (κ1) is 9.30. The van der Waals surface area contributed by atoms with Crippen LogP contribution in [0.2, 0.25) is 0 Å². The number of para-hydroxylation sites is 1. The monoisotopic (exact) mass is 195 g/mol. The predicted molar refractivity (Wildman–Crippen MR) is 50.8 cm³/mol. The highest BCUT2D eigenvalue weighted by Crippen LogP contribution is 2.52.